The van der Waals surface area contributed by atoms with Gasteiger partial charge in [-0.1, -0.05) is 24.3 Å². The zero-order valence-electron chi connectivity index (χ0n) is 15.4. The van der Waals surface area contributed by atoms with Gasteiger partial charge in [0.15, 0.2) is 0 Å². The first-order valence-electron chi connectivity index (χ1n) is 9.32. The largest absolute Gasteiger partial charge is 0.360 e. The van der Waals surface area contributed by atoms with Crippen LogP contribution in [0.2, 0.25) is 0 Å². The summed E-state index contributed by atoms with van der Waals surface area (Å²) in [5.74, 6) is -0.114. The summed E-state index contributed by atoms with van der Waals surface area (Å²) in [6.45, 7) is 2.17. The van der Waals surface area contributed by atoms with Crippen LogP contribution in [0, 0.1) is 11.3 Å². The van der Waals surface area contributed by atoms with Gasteiger partial charge in [-0.2, -0.15) is 5.26 Å². The number of aromatic amines is 1. The fourth-order valence-electron chi connectivity index (χ4n) is 3.65. The average Bonchev–Trinajstić information content (AvgIpc) is 3.02. The van der Waals surface area contributed by atoms with Crippen LogP contribution < -0.4 is 0 Å². The number of amides is 2. The highest BCUT2D eigenvalue weighted by Gasteiger charge is 2.25. The third kappa shape index (κ3) is 3.35. The van der Waals surface area contributed by atoms with E-state index in [2.05, 4.69) is 11.1 Å². The minimum absolute atomic E-state index is 0.0155. The van der Waals surface area contributed by atoms with E-state index >= 15 is 0 Å². The smallest absolute Gasteiger partial charge is 0.256 e. The van der Waals surface area contributed by atoms with Crippen molar-refractivity contribution in [3.63, 3.8) is 0 Å². The fourth-order valence-corrected chi connectivity index (χ4v) is 3.65. The van der Waals surface area contributed by atoms with E-state index in [-0.39, 0.29) is 11.8 Å². The lowest BCUT2D eigenvalue weighted by Gasteiger charge is -2.22. The van der Waals surface area contributed by atoms with Crippen LogP contribution in [0.15, 0.2) is 54.7 Å². The van der Waals surface area contributed by atoms with Crippen molar-refractivity contribution in [2.75, 3.05) is 26.2 Å². The quantitative estimate of drug-likeness (QED) is 0.751. The van der Waals surface area contributed by atoms with Crippen molar-refractivity contribution in [3.8, 4) is 6.07 Å². The number of aromatic nitrogens is 1. The molecule has 0 unspecified atom stereocenters. The molecule has 1 aliphatic heterocycles. The van der Waals surface area contributed by atoms with Gasteiger partial charge in [-0.3, -0.25) is 9.59 Å². The molecule has 0 bridgehead atoms. The highest BCUT2D eigenvalue weighted by Crippen LogP contribution is 2.20. The third-order valence-electron chi connectivity index (χ3n) is 5.13. The molecule has 140 valence electrons. The van der Waals surface area contributed by atoms with Crippen LogP contribution in [0.4, 0.5) is 0 Å². The predicted octanol–water partition coefficient (Wildman–Crippen LogP) is 3.03. The van der Waals surface area contributed by atoms with Crippen molar-refractivity contribution in [2.24, 2.45) is 0 Å². The van der Waals surface area contributed by atoms with E-state index in [0.717, 1.165) is 17.3 Å². The Morgan fingerprint density at radius 1 is 0.929 bits per heavy atom. The summed E-state index contributed by atoms with van der Waals surface area (Å²) in [5, 5.41) is 9.95. The number of fused-ring (bicyclic) bond motifs is 1. The van der Waals surface area contributed by atoms with Gasteiger partial charge in [-0.05, 0) is 30.7 Å². The molecule has 4 rings (SSSR count). The molecular weight excluding hydrogens is 352 g/mol. The Morgan fingerprint density at radius 2 is 1.68 bits per heavy atom. The summed E-state index contributed by atoms with van der Waals surface area (Å²) < 4.78 is 0. The number of H-pyrrole nitrogens is 1. The molecule has 0 aliphatic carbocycles. The molecule has 6 nitrogen and oxygen atoms in total. The number of benzene rings is 2. The van der Waals surface area contributed by atoms with E-state index in [1.807, 2.05) is 29.2 Å². The SMILES string of the molecule is N#Cc1cccc(C(=O)N2CCCN(C(=O)c3c[nH]c4ccccc34)CC2)c1. The van der Waals surface area contributed by atoms with Crippen molar-refractivity contribution >= 4 is 22.7 Å². The maximum absolute atomic E-state index is 13.0. The number of nitrogens with one attached hydrogen (secondary N) is 1. The van der Waals surface area contributed by atoms with Crippen molar-refractivity contribution in [3.05, 3.63) is 71.4 Å². The molecule has 0 saturated carbocycles. The fraction of sp³-hybridized carbons (Fsp3) is 0.227. The predicted molar refractivity (Wildman–Crippen MR) is 106 cm³/mol. The van der Waals surface area contributed by atoms with E-state index in [4.69, 9.17) is 5.26 Å². The molecule has 0 spiro atoms. The van der Waals surface area contributed by atoms with Crippen LogP contribution in [-0.2, 0) is 0 Å². The van der Waals surface area contributed by atoms with E-state index in [1.165, 1.54) is 0 Å². The lowest BCUT2D eigenvalue weighted by Crippen LogP contribution is -2.37. The summed E-state index contributed by atoms with van der Waals surface area (Å²) in [4.78, 5) is 32.6. The Morgan fingerprint density at radius 3 is 2.46 bits per heavy atom. The topological polar surface area (TPSA) is 80.2 Å². The van der Waals surface area contributed by atoms with Crippen LogP contribution in [0.3, 0.4) is 0 Å². The van der Waals surface area contributed by atoms with Crippen LogP contribution in [0.5, 0.6) is 0 Å². The van der Waals surface area contributed by atoms with Gasteiger partial charge in [0.2, 0.25) is 0 Å². The molecule has 2 amide bonds. The van der Waals surface area contributed by atoms with Gasteiger partial charge in [-0.15, -0.1) is 0 Å². The summed E-state index contributed by atoms with van der Waals surface area (Å²) in [7, 11) is 0. The maximum Gasteiger partial charge on any atom is 0.256 e. The Hall–Kier alpha value is -3.59. The molecule has 2 aromatic carbocycles. The van der Waals surface area contributed by atoms with Crippen molar-refractivity contribution < 1.29 is 9.59 Å². The number of carbonyl (C=O) groups is 2. The molecule has 3 aromatic rings. The normalized spacial score (nSPS) is 14.5. The molecule has 1 aliphatic rings. The van der Waals surface area contributed by atoms with Crippen LogP contribution in [-0.4, -0.2) is 52.8 Å². The molecule has 1 saturated heterocycles. The highest BCUT2D eigenvalue weighted by molar-refractivity contribution is 6.06. The first-order valence-corrected chi connectivity index (χ1v) is 9.32. The second-order valence-corrected chi connectivity index (χ2v) is 6.88. The summed E-state index contributed by atoms with van der Waals surface area (Å²) in [6.07, 6.45) is 2.48. The van der Waals surface area contributed by atoms with E-state index < -0.39 is 0 Å². The molecule has 0 atom stereocenters. The zero-order valence-corrected chi connectivity index (χ0v) is 15.4. The lowest BCUT2D eigenvalue weighted by molar-refractivity contribution is 0.0719. The Balaban J connectivity index is 1.48. The third-order valence-corrected chi connectivity index (χ3v) is 5.13. The number of hydrogen-bond acceptors (Lipinski definition) is 3. The van der Waals surface area contributed by atoms with E-state index in [0.29, 0.717) is 42.9 Å². The number of nitriles is 1. The summed E-state index contributed by atoms with van der Waals surface area (Å²) in [6, 6.07) is 16.5. The van der Waals surface area contributed by atoms with Crippen molar-refractivity contribution in [2.45, 2.75) is 6.42 Å². The Kier molecular flexibility index (Phi) is 4.81. The number of nitrogens with zero attached hydrogens (tertiary/aromatic N) is 3. The Labute approximate surface area is 163 Å². The second-order valence-electron chi connectivity index (χ2n) is 6.88. The molecule has 1 aromatic heterocycles. The minimum atomic E-state index is -0.0986. The van der Waals surface area contributed by atoms with Gasteiger partial charge in [-0.25, -0.2) is 0 Å². The van der Waals surface area contributed by atoms with Crippen LogP contribution in [0.25, 0.3) is 10.9 Å². The summed E-state index contributed by atoms with van der Waals surface area (Å²) >= 11 is 0. The Bertz CT molecular complexity index is 1080. The maximum atomic E-state index is 13.0. The van der Waals surface area contributed by atoms with Gasteiger partial charge < -0.3 is 14.8 Å². The van der Waals surface area contributed by atoms with Gasteiger partial charge in [0, 0.05) is 48.8 Å². The number of rotatable bonds is 2. The molecule has 1 fully saturated rings. The van der Waals surface area contributed by atoms with E-state index in [1.54, 1.807) is 35.4 Å². The van der Waals surface area contributed by atoms with E-state index in [9.17, 15) is 9.59 Å². The molecular formula is C22H20N4O2. The van der Waals surface area contributed by atoms with Gasteiger partial charge in [0.05, 0.1) is 17.2 Å². The van der Waals surface area contributed by atoms with Gasteiger partial charge in [0.25, 0.3) is 11.8 Å². The van der Waals surface area contributed by atoms with Crippen LogP contribution in [0.1, 0.15) is 32.7 Å². The van der Waals surface area contributed by atoms with Gasteiger partial charge in [0.1, 0.15) is 0 Å². The molecule has 6 heteroatoms. The monoisotopic (exact) mass is 372 g/mol. The molecule has 2 heterocycles. The molecule has 28 heavy (non-hydrogen) atoms. The lowest BCUT2D eigenvalue weighted by atomic mass is 10.1. The van der Waals surface area contributed by atoms with Gasteiger partial charge >= 0.3 is 0 Å². The number of carbonyl (C=O) groups excluding carboxylic acids is 2. The summed E-state index contributed by atoms with van der Waals surface area (Å²) in [5.41, 5.74) is 2.58. The molecule has 0 radical (unpaired) electrons. The average molecular weight is 372 g/mol. The van der Waals surface area contributed by atoms with Crippen molar-refractivity contribution in [1.29, 1.82) is 5.26 Å². The second kappa shape index (κ2) is 7.57. The first kappa shape index (κ1) is 17.8. The highest BCUT2D eigenvalue weighted by atomic mass is 16.2. The number of para-hydroxylation sites is 1. The zero-order chi connectivity index (χ0) is 19.5. The number of hydrogen-bond donors (Lipinski definition) is 1. The standard InChI is InChI=1S/C22H20N4O2/c23-14-16-5-3-6-17(13-16)21(27)25-9-4-10-26(12-11-25)22(28)19-15-24-20-8-2-1-7-18(19)20/h1-3,5-8,13,15,24H,4,9-12H2. The van der Waals surface area contributed by atoms with Crippen LogP contribution >= 0.6 is 0 Å². The molecule has 1 N–H and O–H groups in total. The first-order chi connectivity index (χ1) is 13.7. The van der Waals surface area contributed by atoms with Crippen molar-refractivity contribution in [1.82, 2.24) is 14.8 Å². The minimum Gasteiger partial charge on any atom is -0.360 e.